The van der Waals surface area contributed by atoms with Crippen LogP contribution in [0.25, 0.3) is 0 Å². The van der Waals surface area contributed by atoms with Crippen molar-refractivity contribution in [1.29, 1.82) is 0 Å². The van der Waals surface area contributed by atoms with E-state index in [2.05, 4.69) is 12.1 Å². The van der Waals surface area contributed by atoms with Crippen molar-refractivity contribution in [2.24, 2.45) is 0 Å². The molecule has 0 radical (unpaired) electrons. The Morgan fingerprint density at radius 2 is 2.35 bits per heavy atom. The summed E-state index contributed by atoms with van der Waals surface area (Å²) in [6, 6.07) is 6.27. The van der Waals surface area contributed by atoms with Crippen LogP contribution in [-0.4, -0.2) is 24.6 Å². The molecular formula is C13H16ClNOS. The van der Waals surface area contributed by atoms with Crippen molar-refractivity contribution in [3.05, 3.63) is 23.8 Å². The molecule has 1 aliphatic heterocycles. The number of alkyl halides is 1. The Hall–Kier alpha value is -0.670. The van der Waals surface area contributed by atoms with E-state index in [1.165, 1.54) is 22.6 Å². The van der Waals surface area contributed by atoms with Crippen molar-refractivity contribution in [2.45, 2.75) is 24.2 Å². The Kier molecular flexibility index (Phi) is 4.35. The lowest BCUT2D eigenvalue weighted by atomic mass is 10.1. The monoisotopic (exact) mass is 269 g/mol. The maximum Gasteiger partial charge on any atom is 0.227 e. The third kappa shape index (κ3) is 2.96. The zero-order valence-electron chi connectivity index (χ0n) is 9.91. The van der Waals surface area contributed by atoms with Gasteiger partial charge in [-0.1, -0.05) is 0 Å². The molecule has 0 atom stereocenters. The quantitative estimate of drug-likeness (QED) is 0.785. The highest BCUT2D eigenvalue weighted by atomic mass is 35.5. The van der Waals surface area contributed by atoms with Gasteiger partial charge in [-0.3, -0.25) is 4.79 Å². The summed E-state index contributed by atoms with van der Waals surface area (Å²) >= 11 is 7.50. The molecule has 0 fully saturated rings. The van der Waals surface area contributed by atoms with Crippen molar-refractivity contribution < 1.29 is 4.79 Å². The number of anilines is 1. The number of halogens is 1. The number of amides is 1. The fourth-order valence-electron chi connectivity index (χ4n) is 1.95. The standard InChI is InChI=1S/C13H16ClNOS/c1-15(13(16)6-7-14)11-4-5-12-10(9-11)3-2-8-17-12/h4-5,9H,2-3,6-8H2,1H3. The lowest BCUT2D eigenvalue weighted by molar-refractivity contribution is -0.117. The molecule has 0 unspecified atom stereocenters. The summed E-state index contributed by atoms with van der Waals surface area (Å²) in [6.07, 6.45) is 2.73. The van der Waals surface area contributed by atoms with Crippen molar-refractivity contribution in [3.8, 4) is 0 Å². The van der Waals surface area contributed by atoms with Crippen molar-refractivity contribution in [1.82, 2.24) is 0 Å². The maximum atomic E-state index is 11.7. The van der Waals surface area contributed by atoms with Gasteiger partial charge in [0.15, 0.2) is 0 Å². The second kappa shape index (κ2) is 5.78. The summed E-state index contributed by atoms with van der Waals surface area (Å²) in [5.41, 5.74) is 2.34. The fourth-order valence-corrected chi connectivity index (χ4v) is 3.13. The number of fused-ring (bicyclic) bond motifs is 1. The average Bonchev–Trinajstić information content (AvgIpc) is 2.37. The molecule has 1 heterocycles. The summed E-state index contributed by atoms with van der Waals surface area (Å²) < 4.78 is 0. The summed E-state index contributed by atoms with van der Waals surface area (Å²) in [6.45, 7) is 0. The molecule has 1 amide bonds. The van der Waals surface area contributed by atoms with E-state index in [0.29, 0.717) is 12.3 Å². The maximum absolute atomic E-state index is 11.7. The molecule has 0 aliphatic carbocycles. The molecule has 0 bridgehead atoms. The molecule has 17 heavy (non-hydrogen) atoms. The number of carbonyl (C=O) groups excluding carboxylic acids is 1. The van der Waals surface area contributed by atoms with Crippen LogP contribution < -0.4 is 4.90 Å². The van der Waals surface area contributed by atoms with Gasteiger partial charge in [-0.15, -0.1) is 23.4 Å². The van der Waals surface area contributed by atoms with Crippen LogP contribution in [0.3, 0.4) is 0 Å². The van der Waals surface area contributed by atoms with Gasteiger partial charge in [0.05, 0.1) is 0 Å². The molecule has 0 aromatic heterocycles. The topological polar surface area (TPSA) is 20.3 Å². The van der Waals surface area contributed by atoms with Crippen LogP contribution in [0.5, 0.6) is 0 Å². The van der Waals surface area contributed by atoms with E-state index in [1.54, 1.807) is 4.90 Å². The van der Waals surface area contributed by atoms with E-state index in [9.17, 15) is 4.79 Å². The highest BCUT2D eigenvalue weighted by molar-refractivity contribution is 7.99. The molecule has 0 N–H and O–H groups in total. The number of thioether (sulfide) groups is 1. The molecule has 1 aromatic carbocycles. The second-order valence-electron chi connectivity index (χ2n) is 4.14. The Morgan fingerprint density at radius 3 is 3.12 bits per heavy atom. The summed E-state index contributed by atoms with van der Waals surface area (Å²) in [5, 5.41) is 0. The predicted octanol–water partition coefficient (Wildman–Crippen LogP) is 3.32. The van der Waals surface area contributed by atoms with E-state index in [0.717, 1.165) is 12.1 Å². The van der Waals surface area contributed by atoms with Crippen LogP contribution >= 0.6 is 23.4 Å². The zero-order chi connectivity index (χ0) is 12.3. The van der Waals surface area contributed by atoms with Gasteiger partial charge in [-0.05, 0) is 42.4 Å². The van der Waals surface area contributed by atoms with Crippen LogP contribution in [0.15, 0.2) is 23.1 Å². The van der Waals surface area contributed by atoms with Gasteiger partial charge in [0.2, 0.25) is 5.91 Å². The van der Waals surface area contributed by atoms with Gasteiger partial charge >= 0.3 is 0 Å². The molecule has 1 aliphatic rings. The largest absolute Gasteiger partial charge is 0.315 e. The van der Waals surface area contributed by atoms with E-state index >= 15 is 0 Å². The van der Waals surface area contributed by atoms with E-state index in [-0.39, 0.29) is 5.91 Å². The second-order valence-corrected chi connectivity index (χ2v) is 5.65. The van der Waals surface area contributed by atoms with Crippen LogP contribution in [-0.2, 0) is 11.2 Å². The molecule has 0 saturated heterocycles. The average molecular weight is 270 g/mol. The lowest BCUT2D eigenvalue weighted by Crippen LogP contribution is -2.26. The van der Waals surface area contributed by atoms with E-state index in [4.69, 9.17) is 11.6 Å². The minimum absolute atomic E-state index is 0.0726. The van der Waals surface area contributed by atoms with E-state index in [1.807, 2.05) is 24.9 Å². The summed E-state index contributed by atoms with van der Waals surface area (Å²) in [7, 11) is 1.81. The highest BCUT2D eigenvalue weighted by Crippen LogP contribution is 2.32. The fraction of sp³-hybridized carbons (Fsp3) is 0.462. The number of aryl methyl sites for hydroxylation is 1. The third-order valence-electron chi connectivity index (χ3n) is 2.96. The van der Waals surface area contributed by atoms with Crippen LogP contribution in [0.4, 0.5) is 5.69 Å². The van der Waals surface area contributed by atoms with Gasteiger partial charge in [0.1, 0.15) is 0 Å². The molecule has 0 saturated carbocycles. The number of rotatable bonds is 3. The minimum Gasteiger partial charge on any atom is -0.315 e. The molecule has 4 heteroatoms. The molecule has 2 rings (SSSR count). The highest BCUT2D eigenvalue weighted by Gasteiger charge is 2.14. The first-order valence-corrected chi connectivity index (χ1v) is 7.32. The first-order chi connectivity index (χ1) is 8.22. The normalized spacial score (nSPS) is 14.2. The van der Waals surface area contributed by atoms with Crippen LogP contribution in [0.1, 0.15) is 18.4 Å². The smallest absolute Gasteiger partial charge is 0.227 e. The molecule has 0 spiro atoms. The predicted molar refractivity (Wildman–Crippen MR) is 74.2 cm³/mol. The van der Waals surface area contributed by atoms with Gasteiger partial charge in [-0.2, -0.15) is 0 Å². The summed E-state index contributed by atoms with van der Waals surface area (Å²) in [5.74, 6) is 1.65. The first kappa shape index (κ1) is 12.8. The number of benzene rings is 1. The minimum atomic E-state index is 0.0726. The molecule has 92 valence electrons. The Labute approximate surface area is 111 Å². The van der Waals surface area contributed by atoms with Crippen molar-refractivity contribution in [3.63, 3.8) is 0 Å². The zero-order valence-corrected chi connectivity index (χ0v) is 11.5. The van der Waals surface area contributed by atoms with Gasteiger partial charge < -0.3 is 4.90 Å². The lowest BCUT2D eigenvalue weighted by Gasteiger charge is -2.21. The third-order valence-corrected chi connectivity index (χ3v) is 4.35. The van der Waals surface area contributed by atoms with E-state index < -0.39 is 0 Å². The van der Waals surface area contributed by atoms with Crippen molar-refractivity contribution in [2.75, 3.05) is 23.6 Å². The first-order valence-electron chi connectivity index (χ1n) is 5.80. The van der Waals surface area contributed by atoms with Crippen LogP contribution in [0.2, 0.25) is 0 Å². The number of hydrogen-bond donors (Lipinski definition) is 0. The Bertz CT molecular complexity index is 422. The Balaban J connectivity index is 2.18. The molecule has 1 aromatic rings. The molecular weight excluding hydrogens is 254 g/mol. The van der Waals surface area contributed by atoms with Gasteiger partial charge in [0.25, 0.3) is 0 Å². The van der Waals surface area contributed by atoms with Crippen molar-refractivity contribution >= 4 is 35.0 Å². The number of carbonyl (C=O) groups is 1. The van der Waals surface area contributed by atoms with Gasteiger partial charge in [-0.25, -0.2) is 0 Å². The van der Waals surface area contributed by atoms with Gasteiger partial charge in [0, 0.05) is 29.9 Å². The van der Waals surface area contributed by atoms with Crippen LogP contribution in [0, 0.1) is 0 Å². The SMILES string of the molecule is CN(C(=O)CCCl)c1ccc2c(c1)CCCS2. The number of hydrogen-bond acceptors (Lipinski definition) is 2. The Morgan fingerprint density at radius 1 is 1.53 bits per heavy atom. The molecule has 2 nitrogen and oxygen atoms in total. The number of nitrogens with zero attached hydrogens (tertiary/aromatic N) is 1. The summed E-state index contributed by atoms with van der Waals surface area (Å²) in [4.78, 5) is 14.8.